The summed E-state index contributed by atoms with van der Waals surface area (Å²) in [6.07, 6.45) is 3.55. The van der Waals surface area contributed by atoms with E-state index in [1.807, 2.05) is 42.3 Å². The molecule has 1 aromatic rings. The zero-order chi connectivity index (χ0) is 15.4. The molecule has 3 rings (SSSR count). The van der Waals surface area contributed by atoms with Gasteiger partial charge in [0.15, 0.2) is 0 Å². The van der Waals surface area contributed by atoms with Crippen LogP contribution in [0.2, 0.25) is 0 Å². The van der Waals surface area contributed by atoms with Gasteiger partial charge in [-0.25, -0.2) is 0 Å². The number of amides is 1. The molecule has 2 saturated heterocycles. The highest BCUT2D eigenvalue weighted by molar-refractivity contribution is 5.94. The summed E-state index contributed by atoms with van der Waals surface area (Å²) < 4.78 is 0. The predicted octanol–water partition coefficient (Wildman–Crippen LogP) is 1.97. The monoisotopic (exact) mass is 301 g/mol. The third-order valence-corrected chi connectivity index (χ3v) is 5.07. The number of anilines is 1. The molecule has 22 heavy (non-hydrogen) atoms. The summed E-state index contributed by atoms with van der Waals surface area (Å²) in [6, 6.07) is 9.95. The second kappa shape index (κ2) is 7.25. The number of piperidine rings is 1. The second-order valence-corrected chi connectivity index (χ2v) is 6.67. The Labute approximate surface area is 133 Å². The summed E-state index contributed by atoms with van der Waals surface area (Å²) in [6.45, 7) is 5.47. The topological polar surface area (TPSA) is 35.6 Å². The summed E-state index contributed by atoms with van der Waals surface area (Å²) >= 11 is 0. The van der Waals surface area contributed by atoms with E-state index in [-0.39, 0.29) is 11.8 Å². The van der Waals surface area contributed by atoms with Gasteiger partial charge in [-0.1, -0.05) is 18.2 Å². The van der Waals surface area contributed by atoms with E-state index in [4.69, 9.17) is 0 Å². The molecule has 4 nitrogen and oxygen atoms in total. The number of nitrogens with one attached hydrogen (secondary N) is 1. The van der Waals surface area contributed by atoms with Crippen LogP contribution in [0.15, 0.2) is 30.3 Å². The van der Waals surface area contributed by atoms with Crippen molar-refractivity contribution in [2.45, 2.75) is 19.3 Å². The maximum absolute atomic E-state index is 12.7. The van der Waals surface area contributed by atoms with Crippen LogP contribution in [0.3, 0.4) is 0 Å². The number of rotatable bonds is 4. The van der Waals surface area contributed by atoms with Crippen molar-refractivity contribution in [2.24, 2.45) is 11.8 Å². The fraction of sp³-hybridized carbons (Fsp3) is 0.611. The Bertz CT molecular complexity index is 484. The summed E-state index contributed by atoms with van der Waals surface area (Å²) in [5.74, 6) is 1.23. The smallest absolute Gasteiger partial charge is 0.231 e. The van der Waals surface area contributed by atoms with Crippen LogP contribution in [-0.2, 0) is 4.79 Å². The van der Waals surface area contributed by atoms with Gasteiger partial charge in [0.25, 0.3) is 0 Å². The second-order valence-electron chi connectivity index (χ2n) is 6.67. The van der Waals surface area contributed by atoms with Crippen molar-refractivity contribution in [3.05, 3.63) is 30.3 Å². The molecule has 120 valence electrons. The molecule has 0 aromatic heterocycles. The van der Waals surface area contributed by atoms with E-state index in [2.05, 4.69) is 10.2 Å². The number of para-hydroxylation sites is 1. The van der Waals surface area contributed by atoms with Crippen LogP contribution in [0.4, 0.5) is 5.69 Å². The highest BCUT2D eigenvalue weighted by Gasteiger charge is 2.31. The minimum atomic E-state index is 0.159. The zero-order valence-electron chi connectivity index (χ0n) is 13.5. The summed E-state index contributed by atoms with van der Waals surface area (Å²) in [4.78, 5) is 17.0. The molecule has 1 amide bonds. The lowest BCUT2D eigenvalue weighted by Crippen LogP contribution is -2.37. The Morgan fingerprint density at radius 1 is 1.23 bits per heavy atom. The molecule has 0 spiro atoms. The van der Waals surface area contributed by atoms with E-state index < -0.39 is 0 Å². The predicted molar refractivity (Wildman–Crippen MR) is 90.0 cm³/mol. The van der Waals surface area contributed by atoms with Crippen molar-refractivity contribution in [1.29, 1.82) is 0 Å². The molecule has 2 aliphatic heterocycles. The molecule has 2 heterocycles. The Hall–Kier alpha value is -1.39. The van der Waals surface area contributed by atoms with Gasteiger partial charge in [0.1, 0.15) is 0 Å². The fourth-order valence-electron chi connectivity index (χ4n) is 3.68. The quantitative estimate of drug-likeness (QED) is 0.923. The van der Waals surface area contributed by atoms with E-state index in [0.717, 1.165) is 44.2 Å². The van der Waals surface area contributed by atoms with Crippen molar-refractivity contribution in [1.82, 2.24) is 10.2 Å². The first-order valence-corrected chi connectivity index (χ1v) is 8.49. The van der Waals surface area contributed by atoms with Crippen LogP contribution in [0.25, 0.3) is 0 Å². The van der Waals surface area contributed by atoms with Gasteiger partial charge in [-0.2, -0.15) is 0 Å². The number of carbonyl (C=O) groups excluding carboxylic acids is 1. The Morgan fingerprint density at radius 2 is 1.95 bits per heavy atom. The molecular weight excluding hydrogens is 274 g/mol. The molecule has 2 fully saturated rings. The SMILES string of the molecule is CN(C(=O)C1CCN(CC2CCNCC2)C1)c1ccccc1. The largest absolute Gasteiger partial charge is 0.317 e. The van der Waals surface area contributed by atoms with Gasteiger partial charge in [-0.15, -0.1) is 0 Å². The number of likely N-dealkylation sites (tertiary alicyclic amines) is 1. The lowest BCUT2D eigenvalue weighted by Gasteiger charge is -2.27. The Morgan fingerprint density at radius 3 is 2.68 bits per heavy atom. The maximum Gasteiger partial charge on any atom is 0.231 e. The van der Waals surface area contributed by atoms with Crippen LogP contribution < -0.4 is 10.2 Å². The molecule has 1 unspecified atom stereocenters. The van der Waals surface area contributed by atoms with Crippen molar-refractivity contribution < 1.29 is 4.79 Å². The lowest BCUT2D eigenvalue weighted by atomic mass is 9.98. The van der Waals surface area contributed by atoms with Crippen LogP contribution in [-0.4, -0.2) is 50.6 Å². The molecule has 1 aromatic carbocycles. The van der Waals surface area contributed by atoms with Gasteiger partial charge in [0.05, 0.1) is 5.92 Å². The van der Waals surface area contributed by atoms with E-state index in [1.165, 1.54) is 19.4 Å². The van der Waals surface area contributed by atoms with E-state index >= 15 is 0 Å². The van der Waals surface area contributed by atoms with Gasteiger partial charge in [0.2, 0.25) is 5.91 Å². The van der Waals surface area contributed by atoms with Gasteiger partial charge >= 0.3 is 0 Å². The zero-order valence-corrected chi connectivity index (χ0v) is 13.5. The highest BCUT2D eigenvalue weighted by atomic mass is 16.2. The minimum Gasteiger partial charge on any atom is -0.317 e. The van der Waals surface area contributed by atoms with Gasteiger partial charge in [0, 0.05) is 25.8 Å². The first kappa shape index (κ1) is 15.5. The van der Waals surface area contributed by atoms with E-state index in [9.17, 15) is 4.79 Å². The summed E-state index contributed by atoms with van der Waals surface area (Å²) in [7, 11) is 1.90. The third-order valence-electron chi connectivity index (χ3n) is 5.07. The van der Waals surface area contributed by atoms with Gasteiger partial charge in [-0.05, 0) is 56.9 Å². The number of hydrogen-bond acceptors (Lipinski definition) is 3. The lowest BCUT2D eigenvalue weighted by molar-refractivity contribution is -0.121. The Balaban J connectivity index is 1.52. The molecule has 4 heteroatoms. The molecule has 2 aliphatic rings. The van der Waals surface area contributed by atoms with Crippen molar-refractivity contribution >= 4 is 11.6 Å². The fourth-order valence-corrected chi connectivity index (χ4v) is 3.68. The van der Waals surface area contributed by atoms with E-state index in [1.54, 1.807) is 0 Å². The molecule has 0 aliphatic carbocycles. The van der Waals surface area contributed by atoms with Crippen LogP contribution in [0.5, 0.6) is 0 Å². The third kappa shape index (κ3) is 3.68. The van der Waals surface area contributed by atoms with Crippen molar-refractivity contribution in [2.75, 3.05) is 44.7 Å². The summed E-state index contributed by atoms with van der Waals surface area (Å²) in [5, 5.41) is 3.42. The number of carbonyl (C=O) groups is 1. The van der Waals surface area contributed by atoms with Crippen LogP contribution >= 0.6 is 0 Å². The van der Waals surface area contributed by atoms with E-state index in [0.29, 0.717) is 0 Å². The normalized spacial score (nSPS) is 23.6. The van der Waals surface area contributed by atoms with Gasteiger partial charge in [-0.3, -0.25) is 4.79 Å². The van der Waals surface area contributed by atoms with Gasteiger partial charge < -0.3 is 15.1 Å². The average Bonchev–Trinajstić information content (AvgIpc) is 3.04. The number of nitrogens with zero attached hydrogens (tertiary/aromatic N) is 2. The standard InChI is InChI=1S/C18H27N3O/c1-20(17-5-3-2-4-6-17)18(22)16-9-12-21(14-16)13-15-7-10-19-11-8-15/h2-6,15-16,19H,7-14H2,1H3. The highest BCUT2D eigenvalue weighted by Crippen LogP contribution is 2.24. The maximum atomic E-state index is 12.7. The molecule has 1 N–H and O–H groups in total. The number of benzene rings is 1. The molecule has 0 radical (unpaired) electrons. The van der Waals surface area contributed by atoms with Crippen LogP contribution in [0, 0.1) is 11.8 Å². The Kier molecular flexibility index (Phi) is 5.11. The molecule has 1 atom stereocenters. The van der Waals surface area contributed by atoms with Crippen molar-refractivity contribution in [3.63, 3.8) is 0 Å². The average molecular weight is 301 g/mol. The first-order chi connectivity index (χ1) is 10.7. The molecular formula is C18H27N3O. The first-order valence-electron chi connectivity index (χ1n) is 8.49. The van der Waals surface area contributed by atoms with Crippen molar-refractivity contribution in [3.8, 4) is 0 Å². The molecule has 0 saturated carbocycles. The summed E-state index contributed by atoms with van der Waals surface area (Å²) in [5.41, 5.74) is 0.990. The van der Waals surface area contributed by atoms with Crippen LogP contribution in [0.1, 0.15) is 19.3 Å². The molecule has 0 bridgehead atoms. The minimum absolute atomic E-state index is 0.159. The number of hydrogen-bond donors (Lipinski definition) is 1.